The van der Waals surface area contributed by atoms with Gasteiger partial charge in [-0.25, -0.2) is 9.78 Å². The van der Waals surface area contributed by atoms with Crippen LogP contribution in [0.3, 0.4) is 0 Å². The van der Waals surface area contributed by atoms with E-state index in [0.29, 0.717) is 0 Å². The van der Waals surface area contributed by atoms with Crippen molar-refractivity contribution in [3.05, 3.63) is 11.9 Å². The van der Waals surface area contributed by atoms with Gasteiger partial charge >= 0.3 is 12.0 Å². The standard InChI is InChI=1S/C10H14N2O3S/c1-4-5-16-7-6-11-10(15-3)12-8(7)9(13)14-2/h6H,4-5H2,1-3H3. The molecular weight excluding hydrogens is 228 g/mol. The Hall–Kier alpha value is -1.30. The van der Waals surface area contributed by atoms with E-state index in [1.54, 1.807) is 6.20 Å². The van der Waals surface area contributed by atoms with E-state index in [0.717, 1.165) is 17.1 Å². The van der Waals surface area contributed by atoms with Crippen LogP contribution in [0.15, 0.2) is 11.1 Å². The lowest BCUT2D eigenvalue weighted by Gasteiger charge is -2.06. The van der Waals surface area contributed by atoms with Crippen LogP contribution in [-0.4, -0.2) is 35.9 Å². The van der Waals surface area contributed by atoms with Crippen LogP contribution < -0.4 is 4.74 Å². The number of hydrogen-bond donors (Lipinski definition) is 0. The molecule has 0 bridgehead atoms. The molecule has 1 rings (SSSR count). The number of carbonyl (C=O) groups is 1. The van der Waals surface area contributed by atoms with Crippen LogP contribution in [0.4, 0.5) is 0 Å². The zero-order chi connectivity index (χ0) is 12.0. The van der Waals surface area contributed by atoms with Gasteiger partial charge < -0.3 is 9.47 Å². The maximum absolute atomic E-state index is 11.5. The van der Waals surface area contributed by atoms with E-state index < -0.39 is 5.97 Å². The predicted molar refractivity (Wildman–Crippen MR) is 60.9 cm³/mol. The molecule has 0 atom stereocenters. The van der Waals surface area contributed by atoms with Crippen LogP contribution in [-0.2, 0) is 4.74 Å². The fourth-order valence-electron chi connectivity index (χ4n) is 1.01. The summed E-state index contributed by atoms with van der Waals surface area (Å²) in [5.41, 5.74) is 0.257. The highest BCUT2D eigenvalue weighted by atomic mass is 32.2. The summed E-state index contributed by atoms with van der Waals surface area (Å²) in [4.78, 5) is 20.2. The lowest BCUT2D eigenvalue weighted by molar-refractivity contribution is 0.0588. The summed E-state index contributed by atoms with van der Waals surface area (Å²) in [6.07, 6.45) is 2.59. The molecule has 0 aliphatic heterocycles. The molecule has 0 saturated carbocycles. The summed E-state index contributed by atoms with van der Waals surface area (Å²) >= 11 is 1.53. The molecule has 0 spiro atoms. The van der Waals surface area contributed by atoms with Crippen molar-refractivity contribution in [1.29, 1.82) is 0 Å². The van der Waals surface area contributed by atoms with Gasteiger partial charge in [0.05, 0.1) is 19.1 Å². The average Bonchev–Trinajstić information content (AvgIpc) is 2.35. The van der Waals surface area contributed by atoms with Crippen LogP contribution in [0.1, 0.15) is 23.8 Å². The topological polar surface area (TPSA) is 61.3 Å². The summed E-state index contributed by atoms with van der Waals surface area (Å²) < 4.78 is 9.53. The molecule has 0 fully saturated rings. The molecule has 0 unspecified atom stereocenters. The number of nitrogens with zero attached hydrogens (tertiary/aromatic N) is 2. The van der Waals surface area contributed by atoms with Crippen LogP contribution >= 0.6 is 11.8 Å². The van der Waals surface area contributed by atoms with E-state index in [1.807, 2.05) is 0 Å². The molecule has 0 radical (unpaired) electrons. The first-order valence-electron chi connectivity index (χ1n) is 4.85. The van der Waals surface area contributed by atoms with Crippen molar-refractivity contribution in [1.82, 2.24) is 9.97 Å². The van der Waals surface area contributed by atoms with E-state index in [2.05, 4.69) is 21.6 Å². The molecule has 5 nitrogen and oxygen atoms in total. The molecule has 1 heterocycles. The highest BCUT2D eigenvalue weighted by Crippen LogP contribution is 2.23. The maximum atomic E-state index is 11.5. The molecule has 0 aromatic carbocycles. The minimum Gasteiger partial charge on any atom is -0.467 e. The van der Waals surface area contributed by atoms with Gasteiger partial charge in [0.1, 0.15) is 0 Å². The van der Waals surface area contributed by atoms with Gasteiger partial charge in [-0.2, -0.15) is 4.98 Å². The molecule has 0 amide bonds. The lowest BCUT2D eigenvalue weighted by Crippen LogP contribution is -2.08. The van der Waals surface area contributed by atoms with Crippen LogP contribution in [0.25, 0.3) is 0 Å². The molecule has 1 aromatic heterocycles. The fourth-order valence-corrected chi connectivity index (χ4v) is 1.83. The van der Waals surface area contributed by atoms with Crippen LogP contribution in [0, 0.1) is 0 Å². The molecule has 0 saturated heterocycles. The number of aromatic nitrogens is 2. The largest absolute Gasteiger partial charge is 0.467 e. The molecular formula is C10H14N2O3S. The van der Waals surface area contributed by atoms with Crippen molar-refractivity contribution in [3.8, 4) is 6.01 Å². The van der Waals surface area contributed by atoms with Crippen molar-refractivity contribution < 1.29 is 14.3 Å². The molecule has 16 heavy (non-hydrogen) atoms. The van der Waals surface area contributed by atoms with Crippen molar-refractivity contribution in [2.75, 3.05) is 20.0 Å². The van der Waals surface area contributed by atoms with Gasteiger partial charge in [0.15, 0.2) is 5.69 Å². The zero-order valence-electron chi connectivity index (χ0n) is 9.52. The van der Waals surface area contributed by atoms with Crippen LogP contribution in [0.5, 0.6) is 6.01 Å². The van der Waals surface area contributed by atoms with Crippen LogP contribution in [0.2, 0.25) is 0 Å². The Morgan fingerprint density at radius 1 is 1.50 bits per heavy atom. The third-order valence-electron chi connectivity index (χ3n) is 1.76. The molecule has 0 aliphatic carbocycles. The van der Waals surface area contributed by atoms with E-state index in [-0.39, 0.29) is 11.7 Å². The Labute approximate surface area is 98.6 Å². The third kappa shape index (κ3) is 3.10. The summed E-state index contributed by atoms with van der Waals surface area (Å²) in [5, 5.41) is 0. The van der Waals surface area contributed by atoms with Crippen molar-refractivity contribution >= 4 is 17.7 Å². The second-order valence-electron chi connectivity index (χ2n) is 2.91. The van der Waals surface area contributed by atoms with E-state index in [1.165, 1.54) is 26.0 Å². The summed E-state index contributed by atoms with van der Waals surface area (Å²) in [6.45, 7) is 2.06. The zero-order valence-corrected chi connectivity index (χ0v) is 10.3. The van der Waals surface area contributed by atoms with Gasteiger partial charge in [-0.3, -0.25) is 0 Å². The number of ether oxygens (including phenoxy) is 2. The Bertz CT molecular complexity index is 371. The maximum Gasteiger partial charge on any atom is 0.358 e. The lowest BCUT2D eigenvalue weighted by atomic mass is 10.4. The Balaban J connectivity index is 3.01. The molecule has 0 N–H and O–H groups in total. The molecule has 6 heteroatoms. The van der Waals surface area contributed by atoms with Gasteiger partial charge in [0.25, 0.3) is 0 Å². The monoisotopic (exact) mass is 242 g/mol. The molecule has 88 valence electrons. The Morgan fingerprint density at radius 2 is 2.25 bits per heavy atom. The average molecular weight is 242 g/mol. The second-order valence-corrected chi connectivity index (χ2v) is 4.05. The fraction of sp³-hybridized carbons (Fsp3) is 0.500. The number of hydrogen-bond acceptors (Lipinski definition) is 6. The number of rotatable bonds is 5. The smallest absolute Gasteiger partial charge is 0.358 e. The second kappa shape index (κ2) is 6.32. The quantitative estimate of drug-likeness (QED) is 0.579. The predicted octanol–water partition coefficient (Wildman–Crippen LogP) is 1.77. The van der Waals surface area contributed by atoms with Gasteiger partial charge in [-0.15, -0.1) is 11.8 Å². The number of carbonyl (C=O) groups excluding carboxylic acids is 1. The minimum atomic E-state index is -0.473. The minimum absolute atomic E-state index is 0.168. The van der Waals surface area contributed by atoms with Crippen molar-refractivity contribution in [3.63, 3.8) is 0 Å². The summed E-state index contributed by atoms with van der Waals surface area (Å²) in [6, 6.07) is 0.168. The summed E-state index contributed by atoms with van der Waals surface area (Å²) in [7, 11) is 2.78. The van der Waals surface area contributed by atoms with Gasteiger partial charge in [0, 0.05) is 6.20 Å². The normalized spacial score (nSPS) is 9.94. The number of esters is 1. The van der Waals surface area contributed by atoms with E-state index >= 15 is 0 Å². The highest BCUT2D eigenvalue weighted by molar-refractivity contribution is 7.99. The first kappa shape index (κ1) is 12.8. The van der Waals surface area contributed by atoms with Gasteiger partial charge in [-0.1, -0.05) is 6.92 Å². The Kier molecular flexibility index (Phi) is 5.04. The SMILES string of the molecule is CCCSc1cnc(OC)nc1C(=O)OC. The van der Waals surface area contributed by atoms with Crippen molar-refractivity contribution in [2.24, 2.45) is 0 Å². The van der Waals surface area contributed by atoms with Crippen molar-refractivity contribution in [2.45, 2.75) is 18.2 Å². The molecule has 0 aliphatic rings. The number of thioether (sulfide) groups is 1. The van der Waals surface area contributed by atoms with Gasteiger partial charge in [-0.05, 0) is 12.2 Å². The first-order chi connectivity index (χ1) is 7.72. The van der Waals surface area contributed by atoms with E-state index in [9.17, 15) is 4.79 Å². The Morgan fingerprint density at radius 3 is 2.81 bits per heavy atom. The highest BCUT2D eigenvalue weighted by Gasteiger charge is 2.16. The van der Waals surface area contributed by atoms with E-state index in [4.69, 9.17) is 4.74 Å². The summed E-state index contributed by atoms with van der Waals surface area (Å²) in [5.74, 6) is 0.430. The molecule has 1 aromatic rings. The first-order valence-corrected chi connectivity index (χ1v) is 5.83. The number of methoxy groups -OCH3 is 2. The third-order valence-corrected chi connectivity index (χ3v) is 2.98. The van der Waals surface area contributed by atoms with Gasteiger partial charge in [0.2, 0.25) is 0 Å².